The fourth-order valence-electron chi connectivity index (χ4n) is 2.16. The molecule has 0 aromatic heterocycles. The van der Waals surface area contributed by atoms with Gasteiger partial charge in [0, 0.05) is 5.56 Å². The van der Waals surface area contributed by atoms with Gasteiger partial charge >= 0.3 is 0 Å². The smallest absolute Gasteiger partial charge is 0.187 e. The van der Waals surface area contributed by atoms with Gasteiger partial charge in [0.2, 0.25) is 0 Å². The van der Waals surface area contributed by atoms with E-state index < -0.39 is 0 Å². The summed E-state index contributed by atoms with van der Waals surface area (Å²) in [6, 6.07) is 17.6. The zero-order valence-electron chi connectivity index (χ0n) is 12.3. The van der Waals surface area contributed by atoms with E-state index in [1.807, 2.05) is 61.5 Å². The average Bonchev–Trinajstić information content (AvgIpc) is 2.90. The second kappa shape index (κ2) is 6.77. The lowest BCUT2D eigenvalue weighted by molar-refractivity contribution is 0.340. The van der Waals surface area contributed by atoms with Crippen molar-refractivity contribution in [2.45, 2.75) is 12.4 Å². The number of hydrogen-bond donors (Lipinski definition) is 2. The number of hydrogen-bond acceptors (Lipinski definition) is 5. The third-order valence-electron chi connectivity index (χ3n) is 3.13. The number of thioether (sulfide) groups is 1. The molecule has 114 valence electrons. The minimum absolute atomic E-state index is 0.208. The lowest BCUT2D eigenvalue weighted by Crippen LogP contribution is -2.28. The van der Waals surface area contributed by atoms with Gasteiger partial charge in [-0.05, 0) is 55.1 Å². The van der Waals surface area contributed by atoms with Crippen LogP contribution in [0.1, 0.15) is 12.5 Å². The summed E-state index contributed by atoms with van der Waals surface area (Å²) >= 11 is 1.47. The molecule has 0 fully saturated rings. The van der Waals surface area contributed by atoms with Crippen molar-refractivity contribution in [1.29, 1.82) is 0 Å². The van der Waals surface area contributed by atoms with Crippen LogP contribution in [0.5, 0.6) is 11.5 Å². The van der Waals surface area contributed by atoms with Crippen LogP contribution in [0, 0.1) is 0 Å². The first-order valence-electron chi connectivity index (χ1n) is 7.15. The number of nitrogens with one attached hydrogen (secondary N) is 1. The Hall–Kier alpha value is -2.11. The molecule has 5 heteroatoms. The van der Waals surface area contributed by atoms with Gasteiger partial charge in [0.1, 0.15) is 17.0 Å². The molecule has 1 aliphatic rings. The maximum atomic E-state index is 5.99. The quantitative estimate of drug-likeness (QED) is 0.886. The lowest BCUT2D eigenvalue weighted by atomic mass is 10.1. The van der Waals surface area contributed by atoms with Crippen LogP contribution >= 0.6 is 11.8 Å². The van der Waals surface area contributed by atoms with E-state index in [0.717, 1.165) is 27.9 Å². The van der Waals surface area contributed by atoms with Crippen molar-refractivity contribution in [1.82, 2.24) is 5.32 Å². The summed E-state index contributed by atoms with van der Waals surface area (Å²) in [5, 5.41) is 4.03. The molecule has 0 radical (unpaired) electrons. The molecule has 1 aliphatic heterocycles. The van der Waals surface area contributed by atoms with Gasteiger partial charge in [0.05, 0.1) is 12.3 Å². The third kappa shape index (κ3) is 3.37. The summed E-state index contributed by atoms with van der Waals surface area (Å²) < 4.78 is 11.4. The van der Waals surface area contributed by atoms with Crippen LogP contribution in [0.2, 0.25) is 0 Å². The van der Waals surface area contributed by atoms with Gasteiger partial charge in [-0.1, -0.05) is 18.2 Å². The van der Waals surface area contributed by atoms with Crippen LogP contribution in [-0.2, 0) is 0 Å². The molecule has 4 nitrogen and oxygen atoms in total. The van der Waals surface area contributed by atoms with Crippen molar-refractivity contribution in [3.63, 3.8) is 0 Å². The highest BCUT2D eigenvalue weighted by atomic mass is 32.2. The van der Waals surface area contributed by atoms with Crippen molar-refractivity contribution < 1.29 is 9.47 Å². The second-order valence-electron chi connectivity index (χ2n) is 4.72. The standard InChI is InChI=1S/C17H18N2O2S/c1-2-20-13-10-8-12(9-11-13)15-16(22-17(18)19-15)21-14-6-4-3-5-7-14/h3-11,17,19H,2,18H2,1H3. The van der Waals surface area contributed by atoms with Crippen molar-refractivity contribution in [2.75, 3.05) is 6.61 Å². The maximum absolute atomic E-state index is 5.99. The highest BCUT2D eigenvalue weighted by Gasteiger charge is 2.24. The molecule has 3 rings (SSSR count). The van der Waals surface area contributed by atoms with Gasteiger partial charge in [-0.15, -0.1) is 0 Å². The predicted octanol–water partition coefficient (Wildman–Crippen LogP) is 3.37. The van der Waals surface area contributed by atoms with E-state index in [4.69, 9.17) is 15.2 Å². The number of rotatable bonds is 5. The van der Waals surface area contributed by atoms with E-state index in [9.17, 15) is 0 Å². The van der Waals surface area contributed by atoms with Crippen molar-refractivity contribution >= 4 is 17.5 Å². The number of nitrogens with two attached hydrogens (primary N) is 1. The average molecular weight is 314 g/mol. The minimum atomic E-state index is -0.208. The summed E-state index contributed by atoms with van der Waals surface area (Å²) in [5.41, 5.74) is 7.71. The van der Waals surface area contributed by atoms with Crippen LogP contribution in [0.15, 0.2) is 59.7 Å². The van der Waals surface area contributed by atoms with Crippen LogP contribution in [-0.4, -0.2) is 12.1 Å². The van der Waals surface area contributed by atoms with Crippen LogP contribution < -0.4 is 20.5 Å². The molecule has 22 heavy (non-hydrogen) atoms. The van der Waals surface area contributed by atoms with Crippen LogP contribution in [0.3, 0.4) is 0 Å². The van der Waals surface area contributed by atoms with Gasteiger partial charge in [-0.25, -0.2) is 0 Å². The fraction of sp³-hybridized carbons (Fsp3) is 0.176. The Kier molecular flexibility index (Phi) is 4.56. The first kappa shape index (κ1) is 14.8. The summed E-state index contributed by atoms with van der Waals surface area (Å²) in [6.45, 7) is 2.62. The molecular formula is C17H18N2O2S. The molecule has 2 aromatic carbocycles. The van der Waals surface area contributed by atoms with Crippen molar-refractivity contribution in [3.05, 3.63) is 65.3 Å². The van der Waals surface area contributed by atoms with E-state index >= 15 is 0 Å². The molecular weight excluding hydrogens is 296 g/mol. The summed E-state index contributed by atoms with van der Waals surface area (Å²) in [4.78, 5) is 0. The number of benzene rings is 2. The van der Waals surface area contributed by atoms with Gasteiger partial charge < -0.3 is 20.5 Å². The second-order valence-corrected chi connectivity index (χ2v) is 5.83. The molecule has 3 N–H and O–H groups in total. The summed E-state index contributed by atoms with van der Waals surface area (Å²) in [7, 11) is 0. The molecule has 2 aromatic rings. The highest BCUT2D eigenvalue weighted by molar-refractivity contribution is 8.03. The van der Waals surface area contributed by atoms with E-state index in [1.54, 1.807) is 0 Å². The Balaban J connectivity index is 1.86. The predicted molar refractivity (Wildman–Crippen MR) is 90.3 cm³/mol. The molecule has 0 saturated heterocycles. The summed E-state index contributed by atoms with van der Waals surface area (Å²) in [6.07, 6.45) is 0. The van der Waals surface area contributed by atoms with E-state index in [1.165, 1.54) is 11.8 Å². The Labute approximate surface area is 134 Å². The number of ether oxygens (including phenoxy) is 2. The van der Waals surface area contributed by atoms with Gasteiger partial charge in [0.25, 0.3) is 0 Å². The minimum Gasteiger partial charge on any atom is -0.494 e. The normalized spacial score (nSPS) is 17.3. The molecule has 1 atom stereocenters. The Morgan fingerprint density at radius 1 is 1.05 bits per heavy atom. The Bertz CT molecular complexity index is 656. The molecule has 1 unspecified atom stereocenters. The topological polar surface area (TPSA) is 56.5 Å². The molecule has 0 amide bonds. The molecule has 0 bridgehead atoms. The lowest BCUT2D eigenvalue weighted by Gasteiger charge is -2.10. The molecule has 1 heterocycles. The first-order valence-corrected chi connectivity index (χ1v) is 8.03. The van der Waals surface area contributed by atoms with E-state index in [0.29, 0.717) is 6.61 Å². The number of para-hydroxylation sites is 1. The van der Waals surface area contributed by atoms with Gasteiger partial charge in [-0.2, -0.15) is 0 Å². The van der Waals surface area contributed by atoms with Gasteiger partial charge in [0.15, 0.2) is 5.09 Å². The monoisotopic (exact) mass is 314 g/mol. The van der Waals surface area contributed by atoms with Crippen molar-refractivity contribution in [2.24, 2.45) is 5.73 Å². The zero-order chi connectivity index (χ0) is 15.4. The molecule has 0 saturated carbocycles. The SMILES string of the molecule is CCOc1ccc(C2=C(Oc3ccccc3)SC(N)N2)cc1. The van der Waals surface area contributed by atoms with Crippen LogP contribution in [0.25, 0.3) is 5.70 Å². The van der Waals surface area contributed by atoms with Crippen LogP contribution in [0.4, 0.5) is 0 Å². The van der Waals surface area contributed by atoms with E-state index in [-0.39, 0.29) is 5.50 Å². The third-order valence-corrected chi connectivity index (χ3v) is 4.01. The van der Waals surface area contributed by atoms with Gasteiger partial charge in [-0.3, -0.25) is 0 Å². The Morgan fingerprint density at radius 2 is 1.77 bits per heavy atom. The zero-order valence-corrected chi connectivity index (χ0v) is 13.1. The highest BCUT2D eigenvalue weighted by Crippen LogP contribution is 2.35. The van der Waals surface area contributed by atoms with Crippen molar-refractivity contribution in [3.8, 4) is 11.5 Å². The maximum Gasteiger partial charge on any atom is 0.187 e. The molecule has 0 spiro atoms. The first-order chi connectivity index (χ1) is 10.8. The fourth-order valence-corrected chi connectivity index (χ4v) is 3.01. The van der Waals surface area contributed by atoms with E-state index in [2.05, 4.69) is 5.32 Å². The molecule has 0 aliphatic carbocycles. The Morgan fingerprint density at radius 3 is 2.45 bits per heavy atom. The largest absolute Gasteiger partial charge is 0.494 e. The summed E-state index contributed by atoms with van der Waals surface area (Å²) in [5.74, 6) is 1.65.